The van der Waals surface area contributed by atoms with Gasteiger partial charge in [0.25, 0.3) is 5.91 Å². The van der Waals surface area contributed by atoms with Crippen LogP contribution in [0.3, 0.4) is 0 Å². The van der Waals surface area contributed by atoms with E-state index in [-0.39, 0.29) is 24.3 Å². The summed E-state index contributed by atoms with van der Waals surface area (Å²) in [6.45, 7) is 5.30. The molecule has 0 bridgehead atoms. The summed E-state index contributed by atoms with van der Waals surface area (Å²) in [5.41, 5.74) is 2.70. The minimum absolute atomic E-state index is 0.130. The van der Waals surface area contributed by atoms with Gasteiger partial charge in [-0.25, -0.2) is 0 Å². The third kappa shape index (κ3) is 5.09. The lowest BCUT2D eigenvalue weighted by Gasteiger charge is -2.16. The molecule has 0 heterocycles. The fourth-order valence-corrected chi connectivity index (χ4v) is 2.59. The second kappa shape index (κ2) is 9.04. The van der Waals surface area contributed by atoms with Crippen LogP contribution in [0.5, 0.6) is 11.5 Å². The Hall–Kier alpha value is -2.82. The van der Waals surface area contributed by atoms with Gasteiger partial charge in [-0.2, -0.15) is 0 Å². The average Bonchev–Trinajstić information content (AvgIpc) is 2.65. The third-order valence-electron chi connectivity index (χ3n) is 4.19. The minimum atomic E-state index is -0.255. The van der Waals surface area contributed by atoms with Gasteiger partial charge in [-0.1, -0.05) is 31.2 Å². The molecule has 5 heteroatoms. The van der Waals surface area contributed by atoms with Crippen molar-refractivity contribution in [1.29, 1.82) is 0 Å². The van der Waals surface area contributed by atoms with Crippen LogP contribution in [0.15, 0.2) is 42.5 Å². The number of nitrogens with one attached hydrogen (secondary N) is 1. The monoisotopic (exact) mass is 355 g/mol. The van der Waals surface area contributed by atoms with Crippen LogP contribution < -0.4 is 14.8 Å². The highest BCUT2D eigenvalue weighted by molar-refractivity contribution is 5.97. The van der Waals surface area contributed by atoms with Gasteiger partial charge in [0, 0.05) is 6.07 Å². The van der Waals surface area contributed by atoms with Crippen molar-refractivity contribution in [3.8, 4) is 11.5 Å². The van der Waals surface area contributed by atoms with E-state index in [0.717, 1.165) is 12.0 Å². The van der Waals surface area contributed by atoms with Crippen LogP contribution in [0.2, 0.25) is 0 Å². The molecule has 0 radical (unpaired) electrons. The molecule has 5 nitrogen and oxygen atoms in total. The molecular formula is C21H25NO4. The number of methoxy groups -OCH3 is 1. The number of aryl methyl sites for hydroxylation is 1. The van der Waals surface area contributed by atoms with Crippen LogP contribution in [0.1, 0.15) is 48.3 Å². The molecule has 1 atom stereocenters. The van der Waals surface area contributed by atoms with Gasteiger partial charge in [-0.05, 0) is 43.5 Å². The quantitative estimate of drug-likeness (QED) is 0.733. The van der Waals surface area contributed by atoms with Crippen molar-refractivity contribution in [3.63, 3.8) is 0 Å². The lowest BCUT2D eigenvalue weighted by molar-refractivity contribution is -0.123. The van der Waals surface area contributed by atoms with Crippen molar-refractivity contribution < 1.29 is 19.1 Å². The van der Waals surface area contributed by atoms with Gasteiger partial charge in [0.2, 0.25) is 0 Å². The molecule has 0 spiro atoms. The number of amides is 1. The molecule has 1 amide bonds. The Bertz CT molecular complexity index is 768. The number of Topliss-reactive ketones (excluding diaryl/α,β-unsaturated/α-hetero) is 1. The fraction of sp³-hybridized carbons (Fsp3) is 0.333. The van der Waals surface area contributed by atoms with E-state index in [2.05, 4.69) is 24.4 Å². The van der Waals surface area contributed by atoms with Gasteiger partial charge < -0.3 is 14.8 Å². The maximum atomic E-state index is 12.2. The van der Waals surface area contributed by atoms with E-state index in [4.69, 9.17) is 9.47 Å². The third-order valence-corrected chi connectivity index (χ3v) is 4.19. The molecule has 0 saturated carbocycles. The largest absolute Gasteiger partial charge is 0.497 e. The molecule has 0 aliphatic carbocycles. The molecule has 0 aliphatic heterocycles. The van der Waals surface area contributed by atoms with Crippen LogP contribution in [-0.2, 0) is 11.2 Å². The Morgan fingerprint density at radius 3 is 2.38 bits per heavy atom. The Balaban J connectivity index is 1.98. The van der Waals surface area contributed by atoms with E-state index in [1.807, 2.05) is 19.1 Å². The number of hydrogen-bond acceptors (Lipinski definition) is 4. The summed E-state index contributed by atoms with van der Waals surface area (Å²) in [6, 6.07) is 12.9. The number of ketones is 1. The van der Waals surface area contributed by atoms with Gasteiger partial charge >= 0.3 is 0 Å². The van der Waals surface area contributed by atoms with Crippen molar-refractivity contribution in [2.24, 2.45) is 0 Å². The summed E-state index contributed by atoms with van der Waals surface area (Å²) in [6.07, 6.45) is 0.980. The number of carbonyl (C=O) groups is 2. The Morgan fingerprint density at radius 2 is 1.81 bits per heavy atom. The molecule has 2 rings (SSSR count). The van der Waals surface area contributed by atoms with E-state index in [9.17, 15) is 9.59 Å². The van der Waals surface area contributed by atoms with Gasteiger partial charge in [0.15, 0.2) is 12.4 Å². The maximum Gasteiger partial charge on any atom is 0.258 e. The molecule has 2 aromatic rings. The number of rotatable bonds is 8. The lowest BCUT2D eigenvalue weighted by Crippen LogP contribution is -2.31. The first-order valence-electron chi connectivity index (χ1n) is 8.64. The first-order valence-corrected chi connectivity index (χ1v) is 8.64. The molecule has 0 aromatic heterocycles. The van der Waals surface area contributed by atoms with Gasteiger partial charge in [-0.15, -0.1) is 0 Å². The van der Waals surface area contributed by atoms with Crippen LogP contribution in [0, 0.1) is 0 Å². The van der Waals surface area contributed by atoms with Crippen LogP contribution >= 0.6 is 0 Å². The molecular weight excluding hydrogens is 330 g/mol. The molecule has 2 aromatic carbocycles. The van der Waals surface area contributed by atoms with Crippen molar-refractivity contribution in [3.05, 3.63) is 59.2 Å². The van der Waals surface area contributed by atoms with E-state index in [0.29, 0.717) is 17.1 Å². The van der Waals surface area contributed by atoms with E-state index < -0.39 is 0 Å². The van der Waals surface area contributed by atoms with Crippen LogP contribution in [0.25, 0.3) is 0 Å². The SMILES string of the molecule is CCc1ccc(C(C)NC(=O)COc2cc(OC)ccc2C(C)=O)cc1. The van der Waals surface area contributed by atoms with Crippen molar-refractivity contribution in [2.45, 2.75) is 33.2 Å². The second-order valence-corrected chi connectivity index (χ2v) is 6.09. The highest BCUT2D eigenvalue weighted by Crippen LogP contribution is 2.25. The standard InChI is InChI=1S/C21H25NO4/c1-5-16-6-8-17(9-7-16)14(2)22-21(24)13-26-20-12-18(25-4)10-11-19(20)15(3)23/h6-12,14H,5,13H2,1-4H3,(H,22,24). The van der Waals surface area contributed by atoms with Crippen LogP contribution in [0.4, 0.5) is 0 Å². The first-order chi connectivity index (χ1) is 12.4. The maximum absolute atomic E-state index is 12.2. The van der Waals surface area contributed by atoms with E-state index >= 15 is 0 Å². The lowest BCUT2D eigenvalue weighted by atomic mass is 10.1. The van der Waals surface area contributed by atoms with E-state index in [1.165, 1.54) is 19.6 Å². The Labute approximate surface area is 154 Å². The summed E-state index contributed by atoms with van der Waals surface area (Å²) in [4.78, 5) is 23.9. The first kappa shape index (κ1) is 19.5. The molecule has 0 fully saturated rings. The molecule has 1 N–H and O–H groups in total. The second-order valence-electron chi connectivity index (χ2n) is 6.09. The normalized spacial score (nSPS) is 11.5. The van der Waals surface area contributed by atoms with Gasteiger partial charge in [-0.3, -0.25) is 9.59 Å². The number of carbonyl (C=O) groups excluding carboxylic acids is 2. The van der Waals surface area contributed by atoms with E-state index in [1.54, 1.807) is 18.2 Å². The van der Waals surface area contributed by atoms with Crippen LogP contribution in [-0.4, -0.2) is 25.4 Å². The number of hydrogen-bond donors (Lipinski definition) is 1. The van der Waals surface area contributed by atoms with Crippen molar-refractivity contribution in [2.75, 3.05) is 13.7 Å². The number of benzene rings is 2. The Kier molecular flexibility index (Phi) is 6.78. The molecule has 1 unspecified atom stereocenters. The summed E-state index contributed by atoms with van der Waals surface area (Å²) in [5, 5.41) is 2.90. The number of ether oxygens (including phenoxy) is 2. The topological polar surface area (TPSA) is 64.6 Å². The molecule has 26 heavy (non-hydrogen) atoms. The minimum Gasteiger partial charge on any atom is -0.497 e. The summed E-state index contributed by atoms with van der Waals surface area (Å²) in [7, 11) is 1.53. The van der Waals surface area contributed by atoms with Gasteiger partial charge in [0.1, 0.15) is 11.5 Å². The molecule has 0 aliphatic rings. The van der Waals surface area contributed by atoms with Crippen molar-refractivity contribution in [1.82, 2.24) is 5.32 Å². The average molecular weight is 355 g/mol. The Morgan fingerprint density at radius 1 is 1.12 bits per heavy atom. The predicted octanol–water partition coefficient (Wildman–Crippen LogP) is 3.72. The molecule has 0 saturated heterocycles. The zero-order chi connectivity index (χ0) is 19.1. The van der Waals surface area contributed by atoms with Crippen molar-refractivity contribution >= 4 is 11.7 Å². The highest BCUT2D eigenvalue weighted by Gasteiger charge is 2.14. The van der Waals surface area contributed by atoms with Gasteiger partial charge in [0.05, 0.1) is 18.7 Å². The highest BCUT2D eigenvalue weighted by atomic mass is 16.5. The zero-order valence-corrected chi connectivity index (χ0v) is 15.7. The molecule has 138 valence electrons. The summed E-state index contributed by atoms with van der Waals surface area (Å²) in [5.74, 6) is 0.517. The predicted molar refractivity (Wildman–Crippen MR) is 101 cm³/mol. The smallest absolute Gasteiger partial charge is 0.258 e. The summed E-state index contributed by atoms with van der Waals surface area (Å²) >= 11 is 0. The zero-order valence-electron chi connectivity index (χ0n) is 15.7. The fourth-order valence-electron chi connectivity index (χ4n) is 2.59. The summed E-state index contributed by atoms with van der Waals surface area (Å²) < 4.78 is 10.7.